The highest BCUT2D eigenvalue weighted by Crippen LogP contribution is 2.26. The standard InChI is InChI=1S/C20H22Br2N2O4/c1-3-9-27-17-8-6-14(21)11-15(17)20(26)24-23-19(25)12-28-18-7-5-13(4-2)10-16(18)22/h5-8,10-11H,3-4,9,12H2,1-2H3,(H,23,25)(H,24,26). The Morgan fingerprint density at radius 3 is 2.39 bits per heavy atom. The SMILES string of the molecule is CCCOc1ccc(Br)cc1C(=O)NNC(=O)COc1ccc(CC)cc1Br. The van der Waals surface area contributed by atoms with E-state index in [1.807, 2.05) is 19.1 Å². The third-order valence-corrected chi connectivity index (χ3v) is 4.84. The van der Waals surface area contributed by atoms with E-state index in [-0.39, 0.29) is 6.61 Å². The number of aryl methyl sites for hydroxylation is 1. The normalized spacial score (nSPS) is 10.3. The topological polar surface area (TPSA) is 76.7 Å². The third-order valence-electron chi connectivity index (χ3n) is 3.73. The fraction of sp³-hybridized carbons (Fsp3) is 0.300. The molecule has 0 unspecified atom stereocenters. The van der Waals surface area contributed by atoms with E-state index < -0.39 is 11.8 Å². The predicted octanol–water partition coefficient (Wildman–Crippen LogP) is 4.40. The van der Waals surface area contributed by atoms with E-state index in [1.165, 1.54) is 0 Å². The number of carbonyl (C=O) groups excluding carboxylic acids is 2. The van der Waals surface area contributed by atoms with Gasteiger partial charge in [-0.1, -0.05) is 35.8 Å². The molecule has 0 saturated carbocycles. The molecule has 0 aromatic heterocycles. The van der Waals surface area contributed by atoms with Crippen molar-refractivity contribution in [1.82, 2.24) is 10.9 Å². The molecule has 8 heteroatoms. The van der Waals surface area contributed by atoms with Crippen molar-refractivity contribution in [3.63, 3.8) is 0 Å². The van der Waals surface area contributed by atoms with Gasteiger partial charge < -0.3 is 9.47 Å². The summed E-state index contributed by atoms with van der Waals surface area (Å²) in [6.45, 7) is 4.30. The van der Waals surface area contributed by atoms with Crippen molar-refractivity contribution < 1.29 is 19.1 Å². The molecular weight excluding hydrogens is 492 g/mol. The molecule has 0 aliphatic rings. The summed E-state index contributed by atoms with van der Waals surface area (Å²) in [5, 5.41) is 0. The molecule has 2 N–H and O–H groups in total. The number of ether oxygens (including phenoxy) is 2. The van der Waals surface area contributed by atoms with E-state index >= 15 is 0 Å². The second-order valence-electron chi connectivity index (χ2n) is 5.90. The number of hydrogen-bond donors (Lipinski definition) is 2. The summed E-state index contributed by atoms with van der Waals surface area (Å²) in [4.78, 5) is 24.4. The van der Waals surface area contributed by atoms with Gasteiger partial charge in [-0.25, -0.2) is 0 Å². The lowest BCUT2D eigenvalue weighted by molar-refractivity contribution is -0.123. The van der Waals surface area contributed by atoms with Crippen LogP contribution in [0, 0.1) is 0 Å². The van der Waals surface area contributed by atoms with Gasteiger partial charge in [-0.05, 0) is 64.7 Å². The van der Waals surface area contributed by atoms with Gasteiger partial charge in [0.05, 0.1) is 16.6 Å². The molecule has 2 rings (SSSR count). The van der Waals surface area contributed by atoms with Crippen LogP contribution in [0.2, 0.25) is 0 Å². The molecule has 0 bridgehead atoms. The van der Waals surface area contributed by atoms with E-state index in [4.69, 9.17) is 9.47 Å². The number of hydrogen-bond acceptors (Lipinski definition) is 4. The minimum absolute atomic E-state index is 0.234. The van der Waals surface area contributed by atoms with Gasteiger partial charge in [0.25, 0.3) is 11.8 Å². The first-order valence-electron chi connectivity index (χ1n) is 8.87. The lowest BCUT2D eigenvalue weighted by Gasteiger charge is -2.13. The Hall–Kier alpha value is -2.06. The average molecular weight is 514 g/mol. The van der Waals surface area contributed by atoms with Crippen molar-refractivity contribution >= 4 is 43.7 Å². The van der Waals surface area contributed by atoms with Crippen LogP contribution in [0.15, 0.2) is 45.3 Å². The van der Waals surface area contributed by atoms with Crippen LogP contribution in [0.25, 0.3) is 0 Å². The Morgan fingerprint density at radius 1 is 0.964 bits per heavy atom. The quantitative estimate of drug-likeness (QED) is 0.513. The number of hydrazine groups is 1. The van der Waals surface area contributed by atoms with Gasteiger partial charge in [-0.15, -0.1) is 0 Å². The maximum atomic E-state index is 12.4. The first kappa shape index (κ1) is 22.2. The van der Waals surface area contributed by atoms with Crippen LogP contribution in [0.5, 0.6) is 11.5 Å². The number of amides is 2. The van der Waals surface area contributed by atoms with E-state index in [2.05, 4.69) is 49.6 Å². The number of nitrogens with one attached hydrogen (secondary N) is 2. The zero-order chi connectivity index (χ0) is 20.5. The fourth-order valence-corrected chi connectivity index (χ4v) is 3.17. The van der Waals surface area contributed by atoms with Gasteiger partial charge in [0.2, 0.25) is 0 Å². The third kappa shape index (κ3) is 6.53. The molecule has 0 aliphatic heterocycles. The second-order valence-corrected chi connectivity index (χ2v) is 7.67. The lowest BCUT2D eigenvalue weighted by atomic mass is 10.2. The Morgan fingerprint density at radius 2 is 1.71 bits per heavy atom. The fourth-order valence-electron chi connectivity index (χ4n) is 2.27. The monoisotopic (exact) mass is 512 g/mol. The van der Waals surface area contributed by atoms with Crippen molar-refractivity contribution in [3.05, 3.63) is 56.5 Å². The molecule has 0 saturated heterocycles. The number of halogens is 2. The van der Waals surface area contributed by atoms with Gasteiger partial charge >= 0.3 is 0 Å². The van der Waals surface area contributed by atoms with Crippen LogP contribution in [0.4, 0.5) is 0 Å². The van der Waals surface area contributed by atoms with Crippen LogP contribution in [0.1, 0.15) is 36.2 Å². The average Bonchev–Trinajstić information content (AvgIpc) is 2.69. The molecule has 2 amide bonds. The Balaban J connectivity index is 1.90. The molecule has 2 aromatic rings. The molecule has 6 nitrogen and oxygen atoms in total. The Kier molecular flexibility index (Phi) is 8.79. The van der Waals surface area contributed by atoms with Gasteiger partial charge in [0, 0.05) is 4.47 Å². The Labute approximate surface area is 181 Å². The van der Waals surface area contributed by atoms with Crippen LogP contribution >= 0.6 is 31.9 Å². The van der Waals surface area contributed by atoms with Crippen molar-refractivity contribution in [1.29, 1.82) is 0 Å². The molecule has 28 heavy (non-hydrogen) atoms. The molecule has 2 aromatic carbocycles. The predicted molar refractivity (Wildman–Crippen MR) is 115 cm³/mol. The minimum Gasteiger partial charge on any atom is -0.493 e. The van der Waals surface area contributed by atoms with Crippen molar-refractivity contribution in [3.8, 4) is 11.5 Å². The summed E-state index contributed by atoms with van der Waals surface area (Å²) in [6.07, 6.45) is 1.73. The van der Waals surface area contributed by atoms with Crippen molar-refractivity contribution in [2.45, 2.75) is 26.7 Å². The van der Waals surface area contributed by atoms with E-state index in [0.717, 1.165) is 27.4 Å². The summed E-state index contributed by atoms with van der Waals surface area (Å²) in [6, 6.07) is 10.8. The Bertz CT molecular complexity index is 843. The zero-order valence-corrected chi connectivity index (χ0v) is 18.9. The zero-order valence-electron chi connectivity index (χ0n) is 15.7. The number of carbonyl (C=O) groups is 2. The van der Waals surface area contributed by atoms with Gasteiger partial charge in [0.1, 0.15) is 11.5 Å². The maximum Gasteiger partial charge on any atom is 0.276 e. The molecule has 0 aliphatic carbocycles. The lowest BCUT2D eigenvalue weighted by Crippen LogP contribution is -2.44. The van der Waals surface area contributed by atoms with Crippen LogP contribution in [-0.2, 0) is 11.2 Å². The minimum atomic E-state index is -0.481. The van der Waals surface area contributed by atoms with E-state index in [1.54, 1.807) is 24.3 Å². The van der Waals surface area contributed by atoms with Gasteiger partial charge in [-0.3, -0.25) is 20.4 Å². The van der Waals surface area contributed by atoms with Crippen LogP contribution < -0.4 is 20.3 Å². The summed E-state index contributed by atoms with van der Waals surface area (Å²) < 4.78 is 12.6. The highest BCUT2D eigenvalue weighted by atomic mass is 79.9. The molecule has 0 heterocycles. The summed E-state index contributed by atoms with van der Waals surface area (Å²) >= 11 is 6.75. The smallest absolute Gasteiger partial charge is 0.276 e. The first-order valence-corrected chi connectivity index (χ1v) is 10.5. The first-order chi connectivity index (χ1) is 13.4. The summed E-state index contributed by atoms with van der Waals surface area (Å²) in [5.41, 5.74) is 6.21. The van der Waals surface area contributed by atoms with E-state index in [0.29, 0.717) is 23.7 Å². The summed E-state index contributed by atoms with van der Waals surface area (Å²) in [5.74, 6) is 0.0500. The van der Waals surface area contributed by atoms with Gasteiger partial charge in [-0.2, -0.15) is 0 Å². The second kappa shape index (κ2) is 11.1. The van der Waals surface area contributed by atoms with Crippen molar-refractivity contribution in [2.75, 3.05) is 13.2 Å². The van der Waals surface area contributed by atoms with E-state index in [9.17, 15) is 9.59 Å². The molecule has 0 spiro atoms. The number of rotatable bonds is 8. The maximum absolute atomic E-state index is 12.4. The van der Waals surface area contributed by atoms with Crippen molar-refractivity contribution in [2.24, 2.45) is 0 Å². The summed E-state index contributed by atoms with van der Waals surface area (Å²) in [7, 11) is 0. The molecular formula is C20H22Br2N2O4. The highest BCUT2D eigenvalue weighted by Gasteiger charge is 2.14. The van der Waals surface area contributed by atoms with Crippen LogP contribution in [0.3, 0.4) is 0 Å². The largest absolute Gasteiger partial charge is 0.493 e. The van der Waals surface area contributed by atoms with Gasteiger partial charge in [0.15, 0.2) is 6.61 Å². The highest BCUT2D eigenvalue weighted by molar-refractivity contribution is 9.10. The van der Waals surface area contributed by atoms with Crippen LogP contribution in [-0.4, -0.2) is 25.0 Å². The molecule has 0 radical (unpaired) electrons. The molecule has 0 fully saturated rings. The molecule has 150 valence electrons. The number of benzene rings is 2. The molecule has 0 atom stereocenters.